The molecule has 0 spiro atoms. The number of carbonyl (C=O) groups is 3. The van der Waals surface area contributed by atoms with Gasteiger partial charge >= 0.3 is 0 Å². The number of rotatable bonds is 6. The minimum absolute atomic E-state index is 0.00592. The molecule has 0 fully saturated rings. The quantitative estimate of drug-likeness (QED) is 0.417. The fourth-order valence-corrected chi connectivity index (χ4v) is 3.49. The first-order chi connectivity index (χ1) is 14.8. The summed E-state index contributed by atoms with van der Waals surface area (Å²) in [6.45, 7) is 2.77. The maximum atomic E-state index is 12.9. The first kappa shape index (κ1) is 22.2. The second-order valence-corrected chi connectivity index (χ2v) is 7.37. The Morgan fingerprint density at radius 2 is 2.00 bits per heavy atom. The number of benzene rings is 1. The van der Waals surface area contributed by atoms with Crippen LogP contribution in [0.2, 0.25) is 5.02 Å². The predicted molar refractivity (Wildman–Crippen MR) is 114 cm³/mol. The standard InChI is InChI=1S/C23H19ClN2O5/c1-13-17(22(29)26(8-3-9-27)23(30)19(13)12-25)11-16-5-7-21(31-16)15-4-6-20(24)18(10-15)14(2)28/h4-7,10-11,27H,3,8-9H2,1-2H3/b17-11+. The zero-order valence-electron chi connectivity index (χ0n) is 16.9. The van der Waals surface area contributed by atoms with Crippen molar-refractivity contribution >= 4 is 35.3 Å². The Morgan fingerprint density at radius 1 is 1.26 bits per heavy atom. The summed E-state index contributed by atoms with van der Waals surface area (Å²) in [6.07, 6.45) is 1.68. The molecule has 1 aromatic heterocycles. The largest absolute Gasteiger partial charge is 0.457 e. The molecular formula is C23H19ClN2O5. The Labute approximate surface area is 183 Å². The highest BCUT2D eigenvalue weighted by molar-refractivity contribution is 6.34. The molecule has 3 rings (SSSR count). The molecule has 0 atom stereocenters. The van der Waals surface area contributed by atoms with Crippen molar-refractivity contribution in [1.82, 2.24) is 4.90 Å². The lowest BCUT2D eigenvalue weighted by atomic mass is 9.94. The fraction of sp³-hybridized carbons (Fsp3) is 0.217. The third-order valence-electron chi connectivity index (χ3n) is 4.91. The molecule has 2 aromatic rings. The molecule has 1 aliphatic rings. The summed E-state index contributed by atoms with van der Waals surface area (Å²) in [5.41, 5.74) is 1.31. The zero-order chi connectivity index (χ0) is 22.7. The number of carbonyl (C=O) groups excluding carboxylic acids is 3. The summed E-state index contributed by atoms with van der Waals surface area (Å²) in [6, 6.07) is 10.1. The lowest BCUT2D eigenvalue weighted by Crippen LogP contribution is -2.43. The van der Waals surface area contributed by atoms with Gasteiger partial charge in [0.05, 0.1) is 5.02 Å². The Morgan fingerprint density at radius 3 is 2.65 bits per heavy atom. The van der Waals surface area contributed by atoms with E-state index >= 15 is 0 Å². The molecule has 31 heavy (non-hydrogen) atoms. The molecular weight excluding hydrogens is 420 g/mol. The van der Waals surface area contributed by atoms with Crippen LogP contribution in [-0.2, 0) is 9.59 Å². The van der Waals surface area contributed by atoms with Crippen molar-refractivity contribution in [1.29, 1.82) is 5.26 Å². The van der Waals surface area contributed by atoms with Crippen LogP contribution < -0.4 is 0 Å². The van der Waals surface area contributed by atoms with E-state index in [9.17, 15) is 19.6 Å². The molecule has 2 heterocycles. The molecule has 1 N–H and O–H groups in total. The predicted octanol–water partition coefficient (Wildman–Crippen LogP) is 3.78. The highest BCUT2D eigenvalue weighted by Gasteiger charge is 2.35. The topological polar surface area (TPSA) is 112 Å². The van der Waals surface area contributed by atoms with Gasteiger partial charge < -0.3 is 9.52 Å². The Hall–Kier alpha value is -3.47. The molecule has 0 radical (unpaired) electrons. The summed E-state index contributed by atoms with van der Waals surface area (Å²) >= 11 is 6.06. The highest BCUT2D eigenvalue weighted by atomic mass is 35.5. The second kappa shape index (κ2) is 9.13. The van der Waals surface area contributed by atoms with Crippen LogP contribution in [0.25, 0.3) is 17.4 Å². The van der Waals surface area contributed by atoms with E-state index in [1.54, 1.807) is 30.3 Å². The number of hydrogen-bond acceptors (Lipinski definition) is 6. The van der Waals surface area contributed by atoms with Gasteiger partial charge in [0.1, 0.15) is 23.2 Å². The first-order valence-corrected chi connectivity index (χ1v) is 9.87. The van der Waals surface area contributed by atoms with Crippen LogP contribution in [0.1, 0.15) is 36.4 Å². The number of nitriles is 1. The third-order valence-corrected chi connectivity index (χ3v) is 5.24. The van der Waals surface area contributed by atoms with E-state index in [4.69, 9.17) is 21.1 Å². The Balaban J connectivity index is 2.01. The molecule has 1 aliphatic heterocycles. The normalized spacial score (nSPS) is 15.6. The van der Waals surface area contributed by atoms with Gasteiger partial charge in [-0.2, -0.15) is 5.26 Å². The van der Waals surface area contributed by atoms with Gasteiger partial charge in [-0.25, -0.2) is 0 Å². The van der Waals surface area contributed by atoms with E-state index in [2.05, 4.69) is 0 Å². The Bertz CT molecular complexity index is 1180. The van der Waals surface area contributed by atoms with Crippen molar-refractivity contribution in [3.8, 4) is 17.4 Å². The summed E-state index contributed by atoms with van der Waals surface area (Å²) in [5.74, 6) is -0.603. The van der Waals surface area contributed by atoms with Crippen LogP contribution >= 0.6 is 11.6 Å². The number of aliphatic hydroxyl groups excluding tert-OH is 1. The van der Waals surface area contributed by atoms with Crippen molar-refractivity contribution in [2.24, 2.45) is 0 Å². The molecule has 0 unspecified atom stereocenters. The van der Waals surface area contributed by atoms with Crippen molar-refractivity contribution in [2.75, 3.05) is 13.2 Å². The summed E-state index contributed by atoms with van der Waals surface area (Å²) < 4.78 is 5.82. The number of amides is 2. The van der Waals surface area contributed by atoms with E-state index in [1.807, 2.05) is 6.07 Å². The fourth-order valence-electron chi connectivity index (χ4n) is 3.24. The number of nitrogens with zero attached hydrogens (tertiary/aromatic N) is 2. The minimum atomic E-state index is -0.673. The SMILES string of the molecule is CC(=O)c1cc(-c2ccc(/C=C3/C(=O)N(CCCO)C(=O)C(C#N)=C3C)o2)ccc1Cl. The van der Waals surface area contributed by atoms with Crippen LogP contribution in [0.5, 0.6) is 0 Å². The first-order valence-electron chi connectivity index (χ1n) is 9.49. The minimum Gasteiger partial charge on any atom is -0.457 e. The maximum Gasteiger partial charge on any atom is 0.271 e. The second-order valence-electron chi connectivity index (χ2n) is 6.96. The zero-order valence-corrected chi connectivity index (χ0v) is 17.7. The number of hydrogen-bond donors (Lipinski definition) is 1. The highest BCUT2D eigenvalue weighted by Crippen LogP contribution is 2.30. The third kappa shape index (κ3) is 4.36. The number of halogens is 1. The number of Topliss-reactive ketones (excluding diaryl/α,β-unsaturated/α-hetero) is 1. The molecule has 0 saturated carbocycles. The average molecular weight is 439 g/mol. The van der Waals surface area contributed by atoms with Gasteiger partial charge in [0.25, 0.3) is 11.8 Å². The van der Waals surface area contributed by atoms with Crippen LogP contribution in [0.15, 0.2) is 51.5 Å². The van der Waals surface area contributed by atoms with Crippen molar-refractivity contribution in [3.05, 3.63) is 63.4 Å². The van der Waals surface area contributed by atoms with Crippen LogP contribution in [0.4, 0.5) is 0 Å². The van der Waals surface area contributed by atoms with Gasteiger partial charge in [-0.15, -0.1) is 0 Å². The van der Waals surface area contributed by atoms with Crippen LogP contribution in [-0.4, -0.2) is 40.8 Å². The molecule has 0 saturated heterocycles. The van der Waals surface area contributed by atoms with Gasteiger partial charge in [0.2, 0.25) is 0 Å². The number of furan rings is 1. The van der Waals surface area contributed by atoms with E-state index in [-0.39, 0.29) is 42.1 Å². The van der Waals surface area contributed by atoms with Crippen LogP contribution in [0, 0.1) is 11.3 Å². The lowest BCUT2D eigenvalue weighted by Gasteiger charge is -2.27. The van der Waals surface area contributed by atoms with Crippen molar-refractivity contribution < 1.29 is 23.9 Å². The van der Waals surface area contributed by atoms with E-state index < -0.39 is 11.8 Å². The monoisotopic (exact) mass is 438 g/mol. The average Bonchev–Trinajstić information content (AvgIpc) is 3.20. The molecule has 158 valence electrons. The van der Waals surface area contributed by atoms with Crippen molar-refractivity contribution in [3.63, 3.8) is 0 Å². The molecule has 1 aromatic carbocycles. The molecule has 2 amide bonds. The lowest BCUT2D eigenvalue weighted by molar-refractivity contribution is -0.140. The van der Waals surface area contributed by atoms with Gasteiger partial charge in [-0.3, -0.25) is 19.3 Å². The van der Waals surface area contributed by atoms with Gasteiger partial charge in [-0.1, -0.05) is 11.6 Å². The molecule has 7 nitrogen and oxygen atoms in total. The van der Waals surface area contributed by atoms with E-state index in [0.29, 0.717) is 27.7 Å². The van der Waals surface area contributed by atoms with E-state index in [1.165, 1.54) is 19.9 Å². The van der Waals surface area contributed by atoms with Crippen molar-refractivity contribution in [2.45, 2.75) is 20.3 Å². The van der Waals surface area contributed by atoms with Gasteiger partial charge in [-0.05, 0) is 62.2 Å². The molecule has 8 heteroatoms. The maximum absolute atomic E-state index is 12.9. The Kier molecular flexibility index (Phi) is 6.54. The smallest absolute Gasteiger partial charge is 0.271 e. The number of aliphatic hydroxyl groups is 1. The summed E-state index contributed by atoms with van der Waals surface area (Å²) in [4.78, 5) is 38.0. The van der Waals surface area contributed by atoms with Gasteiger partial charge in [0.15, 0.2) is 5.78 Å². The number of ketones is 1. The molecule has 0 aliphatic carbocycles. The summed E-state index contributed by atoms with van der Waals surface area (Å²) in [5, 5.41) is 18.8. The van der Waals surface area contributed by atoms with Gasteiger partial charge in [0, 0.05) is 29.9 Å². The van der Waals surface area contributed by atoms with E-state index in [0.717, 1.165) is 4.90 Å². The molecule has 0 bridgehead atoms. The van der Waals surface area contributed by atoms with Crippen LogP contribution in [0.3, 0.4) is 0 Å². The summed E-state index contributed by atoms with van der Waals surface area (Å²) in [7, 11) is 0. The number of imide groups is 1.